The van der Waals surface area contributed by atoms with Gasteiger partial charge in [0.05, 0.1) is 5.69 Å². The Morgan fingerprint density at radius 1 is 1.32 bits per heavy atom. The Morgan fingerprint density at radius 2 is 2.11 bits per heavy atom. The lowest BCUT2D eigenvalue weighted by Gasteiger charge is -1.99. The zero-order valence-electron chi connectivity index (χ0n) is 11.4. The SMILES string of the molecule is CCNc1nc(-c2c(C)n(C)c3ccccc23)cs1. The lowest BCUT2D eigenvalue weighted by atomic mass is 10.1. The van der Waals surface area contributed by atoms with Crippen LogP contribution in [0, 0.1) is 6.92 Å². The number of nitrogens with zero attached hydrogens (tertiary/aromatic N) is 2. The van der Waals surface area contributed by atoms with Crippen molar-refractivity contribution in [2.24, 2.45) is 7.05 Å². The van der Waals surface area contributed by atoms with Gasteiger partial charge in [0.15, 0.2) is 5.13 Å². The summed E-state index contributed by atoms with van der Waals surface area (Å²) >= 11 is 1.66. The van der Waals surface area contributed by atoms with Crippen molar-refractivity contribution in [3.8, 4) is 11.3 Å². The van der Waals surface area contributed by atoms with Crippen LogP contribution < -0.4 is 5.32 Å². The molecule has 1 N–H and O–H groups in total. The Hall–Kier alpha value is -1.81. The van der Waals surface area contributed by atoms with Crippen molar-refractivity contribution in [1.29, 1.82) is 0 Å². The number of thiazole rings is 1. The number of benzene rings is 1. The number of rotatable bonds is 3. The number of fused-ring (bicyclic) bond motifs is 1. The molecule has 0 amide bonds. The van der Waals surface area contributed by atoms with E-state index in [2.05, 4.69) is 65.4 Å². The quantitative estimate of drug-likeness (QED) is 0.779. The maximum atomic E-state index is 4.69. The largest absolute Gasteiger partial charge is 0.362 e. The summed E-state index contributed by atoms with van der Waals surface area (Å²) in [7, 11) is 2.11. The van der Waals surface area contributed by atoms with Crippen molar-refractivity contribution < 1.29 is 0 Å². The molecule has 2 aromatic heterocycles. The molecule has 19 heavy (non-hydrogen) atoms. The fourth-order valence-electron chi connectivity index (χ4n) is 2.47. The lowest BCUT2D eigenvalue weighted by Crippen LogP contribution is -1.95. The highest BCUT2D eigenvalue weighted by Crippen LogP contribution is 2.35. The second-order valence-electron chi connectivity index (χ2n) is 4.60. The summed E-state index contributed by atoms with van der Waals surface area (Å²) in [5.41, 5.74) is 4.83. The highest BCUT2D eigenvalue weighted by Gasteiger charge is 2.15. The van der Waals surface area contributed by atoms with Crippen LogP contribution in [-0.2, 0) is 7.05 Å². The molecule has 2 heterocycles. The number of para-hydroxylation sites is 1. The van der Waals surface area contributed by atoms with Crippen LogP contribution in [0.1, 0.15) is 12.6 Å². The van der Waals surface area contributed by atoms with Crippen molar-refractivity contribution in [3.05, 3.63) is 35.3 Å². The minimum atomic E-state index is 0.904. The van der Waals surface area contributed by atoms with Crippen LogP contribution >= 0.6 is 11.3 Å². The van der Waals surface area contributed by atoms with Crippen LogP contribution in [0.4, 0.5) is 5.13 Å². The van der Waals surface area contributed by atoms with E-state index in [0.717, 1.165) is 17.4 Å². The number of hydrogen-bond donors (Lipinski definition) is 1. The van der Waals surface area contributed by atoms with E-state index >= 15 is 0 Å². The highest BCUT2D eigenvalue weighted by atomic mass is 32.1. The standard InChI is InChI=1S/C15H17N3S/c1-4-16-15-17-12(9-19-15)14-10(2)18(3)13-8-6-5-7-11(13)14/h5-9H,4H2,1-3H3,(H,16,17). The topological polar surface area (TPSA) is 29.9 Å². The molecule has 4 heteroatoms. The van der Waals surface area contributed by atoms with E-state index in [1.165, 1.54) is 22.2 Å². The second-order valence-corrected chi connectivity index (χ2v) is 5.46. The van der Waals surface area contributed by atoms with Gasteiger partial charge in [-0.05, 0) is 19.9 Å². The van der Waals surface area contributed by atoms with E-state index in [4.69, 9.17) is 0 Å². The van der Waals surface area contributed by atoms with Gasteiger partial charge in [0.2, 0.25) is 0 Å². The first-order valence-electron chi connectivity index (χ1n) is 6.46. The zero-order valence-corrected chi connectivity index (χ0v) is 12.2. The molecular formula is C15H17N3S. The fraction of sp³-hybridized carbons (Fsp3) is 0.267. The molecule has 0 fully saturated rings. The van der Waals surface area contributed by atoms with Crippen LogP contribution in [0.5, 0.6) is 0 Å². The van der Waals surface area contributed by atoms with Gasteiger partial charge in [-0.2, -0.15) is 0 Å². The molecular weight excluding hydrogens is 254 g/mol. The minimum Gasteiger partial charge on any atom is -0.362 e. The van der Waals surface area contributed by atoms with Crippen molar-refractivity contribution >= 4 is 27.4 Å². The molecule has 0 bridgehead atoms. The Morgan fingerprint density at radius 3 is 2.89 bits per heavy atom. The van der Waals surface area contributed by atoms with Crippen LogP contribution in [0.15, 0.2) is 29.6 Å². The summed E-state index contributed by atoms with van der Waals surface area (Å²) in [6.45, 7) is 5.15. The molecule has 0 saturated heterocycles. The molecule has 0 aliphatic rings. The van der Waals surface area contributed by atoms with Crippen LogP contribution in [0.2, 0.25) is 0 Å². The molecule has 0 radical (unpaired) electrons. The molecule has 0 unspecified atom stereocenters. The van der Waals surface area contributed by atoms with Gasteiger partial charge in [0.1, 0.15) is 0 Å². The van der Waals surface area contributed by atoms with E-state index in [0.29, 0.717) is 0 Å². The van der Waals surface area contributed by atoms with E-state index in [9.17, 15) is 0 Å². The third kappa shape index (κ3) is 1.92. The molecule has 0 saturated carbocycles. The van der Waals surface area contributed by atoms with Crippen LogP contribution in [-0.4, -0.2) is 16.1 Å². The fourth-order valence-corrected chi connectivity index (χ4v) is 3.24. The smallest absolute Gasteiger partial charge is 0.183 e. The van der Waals surface area contributed by atoms with E-state index in [-0.39, 0.29) is 0 Å². The summed E-state index contributed by atoms with van der Waals surface area (Å²) in [6, 6.07) is 8.49. The molecule has 98 valence electrons. The van der Waals surface area contributed by atoms with E-state index < -0.39 is 0 Å². The first-order chi connectivity index (χ1) is 9.22. The maximum Gasteiger partial charge on any atom is 0.183 e. The Bertz CT molecular complexity index is 724. The van der Waals surface area contributed by atoms with Crippen molar-refractivity contribution in [2.45, 2.75) is 13.8 Å². The van der Waals surface area contributed by atoms with Crippen LogP contribution in [0.25, 0.3) is 22.2 Å². The van der Waals surface area contributed by atoms with Gasteiger partial charge in [-0.15, -0.1) is 11.3 Å². The maximum absolute atomic E-state index is 4.69. The Kier molecular flexibility index (Phi) is 3.03. The third-order valence-corrected chi connectivity index (χ3v) is 4.29. The Labute approximate surface area is 116 Å². The van der Waals surface area contributed by atoms with Gasteiger partial charge in [-0.3, -0.25) is 0 Å². The predicted molar refractivity (Wildman–Crippen MR) is 82.9 cm³/mol. The average Bonchev–Trinajstić information content (AvgIpc) is 2.96. The first kappa shape index (κ1) is 12.2. The first-order valence-corrected chi connectivity index (χ1v) is 7.34. The lowest BCUT2D eigenvalue weighted by molar-refractivity contribution is 0.919. The number of aromatic nitrogens is 2. The number of anilines is 1. The molecule has 0 aliphatic carbocycles. The zero-order chi connectivity index (χ0) is 13.4. The van der Waals surface area contributed by atoms with E-state index in [1.54, 1.807) is 11.3 Å². The normalized spacial score (nSPS) is 11.1. The minimum absolute atomic E-state index is 0.904. The van der Waals surface area contributed by atoms with Crippen LogP contribution in [0.3, 0.4) is 0 Å². The number of hydrogen-bond acceptors (Lipinski definition) is 3. The van der Waals surface area contributed by atoms with Gasteiger partial charge >= 0.3 is 0 Å². The molecule has 0 aliphatic heterocycles. The summed E-state index contributed by atoms with van der Waals surface area (Å²) < 4.78 is 2.23. The molecule has 3 aromatic rings. The van der Waals surface area contributed by atoms with Gasteiger partial charge < -0.3 is 9.88 Å². The molecule has 0 atom stereocenters. The Balaban J connectivity index is 2.21. The molecule has 0 spiro atoms. The van der Waals surface area contributed by atoms with Gasteiger partial charge in [0.25, 0.3) is 0 Å². The summed E-state index contributed by atoms with van der Waals surface area (Å²) in [6.07, 6.45) is 0. The van der Waals surface area contributed by atoms with Gasteiger partial charge in [0, 0.05) is 41.1 Å². The molecule has 3 nitrogen and oxygen atoms in total. The van der Waals surface area contributed by atoms with Crippen molar-refractivity contribution in [2.75, 3.05) is 11.9 Å². The second kappa shape index (κ2) is 4.70. The van der Waals surface area contributed by atoms with Crippen molar-refractivity contribution in [3.63, 3.8) is 0 Å². The predicted octanol–water partition coefficient (Wildman–Crippen LogP) is 4.04. The van der Waals surface area contributed by atoms with Gasteiger partial charge in [-0.1, -0.05) is 18.2 Å². The average molecular weight is 271 g/mol. The number of nitrogens with one attached hydrogen (secondary N) is 1. The van der Waals surface area contributed by atoms with Crippen molar-refractivity contribution in [1.82, 2.24) is 9.55 Å². The summed E-state index contributed by atoms with van der Waals surface area (Å²) in [5.74, 6) is 0. The molecule has 1 aromatic carbocycles. The molecule has 3 rings (SSSR count). The van der Waals surface area contributed by atoms with E-state index in [1.807, 2.05) is 0 Å². The highest BCUT2D eigenvalue weighted by molar-refractivity contribution is 7.14. The monoisotopic (exact) mass is 271 g/mol. The number of aryl methyl sites for hydroxylation is 1. The summed E-state index contributed by atoms with van der Waals surface area (Å²) in [5, 5.41) is 7.67. The third-order valence-electron chi connectivity index (χ3n) is 3.49. The summed E-state index contributed by atoms with van der Waals surface area (Å²) in [4.78, 5) is 4.69. The van der Waals surface area contributed by atoms with Gasteiger partial charge in [-0.25, -0.2) is 4.98 Å².